The molecule has 0 spiro atoms. The van der Waals surface area contributed by atoms with Crippen LogP contribution in [0, 0.1) is 0 Å². The first kappa shape index (κ1) is 15.3. The number of rotatable bonds is 7. The first-order valence-electron chi connectivity index (χ1n) is 7.17. The first-order chi connectivity index (χ1) is 10.3. The maximum atomic E-state index is 8.92. The van der Waals surface area contributed by atoms with Gasteiger partial charge in [0.2, 0.25) is 5.88 Å². The molecule has 0 bridgehead atoms. The van der Waals surface area contributed by atoms with Gasteiger partial charge in [0.25, 0.3) is 0 Å². The van der Waals surface area contributed by atoms with Gasteiger partial charge in [0.05, 0.1) is 5.56 Å². The maximum absolute atomic E-state index is 8.92. The second-order valence-electron chi connectivity index (χ2n) is 4.73. The Morgan fingerprint density at radius 1 is 1.14 bits per heavy atom. The van der Waals surface area contributed by atoms with Gasteiger partial charge >= 0.3 is 0 Å². The van der Waals surface area contributed by atoms with Gasteiger partial charge < -0.3 is 15.2 Å². The quantitative estimate of drug-likeness (QED) is 0.819. The van der Waals surface area contributed by atoms with E-state index in [-0.39, 0.29) is 6.61 Å². The number of anilines is 1. The van der Waals surface area contributed by atoms with Gasteiger partial charge in [-0.2, -0.15) is 0 Å². The van der Waals surface area contributed by atoms with Gasteiger partial charge in [0.1, 0.15) is 17.9 Å². The summed E-state index contributed by atoms with van der Waals surface area (Å²) in [6, 6.07) is 7.68. The fourth-order valence-electron chi connectivity index (χ4n) is 2.14. The lowest BCUT2D eigenvalue weighted by Crippen LogP contribution is -2.03. The minimum absolute atomic E-state index is 0.151. The minimum Gasteiger partial charge on any atom is -0.439 e. The summed E-state index contributed by atoms with van der Waals surface area (Å²) < 4.78 is 5.88. The summed E-state index contributed by atoms with van der Waals surface area (Å²) in [4.78, 5) is 8.47. The van der Waals surface area contributed by atoms with Crippen molar-refractivity contribution in [3.63, 3.8) is 0 Å². The highest BCUT2D eigenvalue weighted by Crippen LogP contribution is 2.28. The van der Waals surface area contributed by atoms with Crippen LogP contribution < -0.4 is 10.1 Å². The molecule has 0 fully saturated rings. The second kappa shape index (κ2) is 7.59. The smallest absolute Gasteiger partial charge is 0.227 e. The molecule has 5 nitrogen and oxygen atoms in total. The first-order valence-corrected chi connectivity index (χ1v) is 7.17. The zero-order valence-corrected chi connectivity index (χ0v) is 12.5. The average molecular weight is 287 g/mol. The predicted molar refractivity (Wildman–Crippen MR) is 82.9 cm³/mol. The molecule has 0 unspecified atom stereocenters. The minimum atomic E-state index is 0.151. The summed E-state index contributed by atoms with van der Waals surface area (Å²) in [6.07, 6.45) is 4.00. The van der Waals surface area contributed by atoms with E-state index in [1.54, 1.807) is 0 Å². The molecule has 2 aromatic rings. The summed E-state index contributed by atoms with van der Waals surface area (Å²) >= 11 is 0. The maximum Gasteiger partial charge on any atom is 0.227 e. The van der Waals surface area contributed by atoms with E-state index in [2.05, 4.69) is 22.2 Å². The lowest BCUT2D eigenvalue weighted by Gasteiger charge is -2.12. The summed E-state index contributed by atoms with van der Waals surface area (Å²) in [7, 11) is 1.84. The zero-order chi connectivity index (χ0) is 15.1. The molecule has 1 aromatic carbocycles. The van der Waals surface area contributed by atoms with Crippen molar-refractivity contribution in [2.75, 3.05) is 19.0 Å². The highest BCUT2D eigenvalue weighted by Gasteiger charge is 2.11. The Morgan fingerprint density at radius 2 is 1.90 bits per heavy atom. The van der Waals surface area contributed by atoms with Gasteiger partial charge in [-0.3, -0.25) is 0 Å². The number of aliphatic hydroxyl groups excluding tert-OH is 1. The van der Waals surface area contributed by atoms with Crippen LogP contribution in [0.4, 0.5) is 5.82 Å². The highest BCUT2D eigenvalue weighted by atomic mass is 16.5. The highest BCUT2D eigenvalue weighted by molar-refractivity contribution is 5.49. The molecule has 5 heteroatoms. The molecule has 0 saturated carbocycles. The topological polar surface area (TPSA) is 67.3 Å². The van der Waals surface area contributed by atoms with E-state index in [0.29, 0.717) is 12.3 Å². The summed E-state index contributed by atoms with van der Waals surface area (Å²) in [5, 5.41) is 12.0. The van der Waals surface area contributed by atoms with E-state index in [1.807, 2.05) is 31.3 Å². The van der Waals surface area contributed by atoms with Crippen LogP contribution in [0.1, 0.15) is 24.5 Å². The molecule has 0 aliphatic carbocycles. The number of benzene rings is 1. The van der Waals surface area contributed by atoms with Crippen LogP contribution in [0.5, 0.6) is 11.6 Å². The Kier molecular flexibility index (Phi) is 5.51. The van der Waals surface area contributed by atoms with E-state index in [4.69, 9.17) is 9.84 Å². The van der Waals surface area contributed by atoms with Gasteiger partial charge in [-0.05, 0) is 30.5 Å². The molecule has 1 heterocycles. The Balaban J connectivity index is 2.22. The largest absolute Gasteiger partial charge is 0.439 e. The normalized spacial score (nSPS) is 10.4. The van der Waals surface area contributed by atoms with Gasteiger partial charge in [-0.1, -0.05) is 25.5 Å². The molecular weight excluding hydrogens is 266 g/mol. The van der Waals surface area contributed by atoms with Crippen molar-refractivity contribution in [3.05, 3.63) is 41.7 Å². The number of hydrogen-bond donors (Lipinski definition) is 2. The Hall–Kier alpha value is -2.14. The Morgan fingerprint density at radius 3 is 2.52 bits per heavy atom. The van der Waals surface area contributed by atoms with Crippen LogP contribution in [0.25, 0.3) is 0 Å². The van der Waals surface area contributed by atoms with Crippen LogP contribution >= 0.6 is 0 Å². The monoisotopic (exact) mass is 287 g/mol. The molecule has 112 valence electrons. The van der Waals surface area contributed by atoms with Gasteiger partial charge in [0.15, 0.2) is 0 Å². The zero-order valence-electron chi connectivity index (χ0n) is 12.5. The van der Waals surface area contributed by atoms with Crippen molar-refractivity contribution in [2.45, 2.75) is 26.2 Å². The van der Waals surface area contributed by atoms with Crippen molar-refractivity contribution >= 4 is 5.82 Å². The number of nitrogens with one attached hydrogen (secondary N) is 1. The molecule has 0 aliphatic heterocycles. The lowest BCUT2D eigenvalue weighted by atomic mass is 10.1. The fraction of sp³-hybridized carbons (Fsp3) is 0.375. The third-order valence-corrected chi connectivity index (χ3v) is 3.18. The second-order valence-corrected chi connectivity index (χ2v) is 4.73. The number of ether oxygens (including phenoxy) is 1. The van der Waals surface area contributed by atoms with Crippen LogP contribution in [-0.4, -0.2) is 28.7 Å². The molecule has 21 heavy (non-hydrogen) atoms. The van der Waals surface area contributed by atoms with E-state index in [0.717, 1.165) is 35.5 Å². The SMILES string of the molecule is CCCc1c(NC)ncnc1Oc1ccc(CCO)cc1. The average Bonchev–Trinajstić information content (AvgIpc) is 2.51. The summed E-state index contributed by atoms with van der Waals surface area (Å²) in [5.41, 5.74) is 2.07. The molecule has 1 aromatic heterocycles. The van der Waals surface area contributed by atoms with E-state index < -0.39 is 0 Å². The van der Waals surface area contributed by atoms with Gasteiger partial charge in [0, 0.05) is 13.7 Å². The van der Waals surface area contributed by atoms with E-state index in [9.17, 15) is 0 Å². The molecule has 0 aliphatic rings. The van der Waals surface area contributed by atoms with Crippen molar-refractivity contribution in [2.24, 2.45) is 0 Å². The van der Waals surface area contributed by atoms with Crippen LogP contribution in [0.15, 0.2) is 30.6 Å². The van der Waals surface area contributed by atoms with Crippen LogP contribution in [0.3, 0.4) is 0 Å². The molecule has 0 amide bonds. The molecule has 2 rings (SSSR count). The van der Waals surface area contributed by atoms with Crippen molar-refractivity contribution < 1.29 is 9.84 Å². The van der Waals surface area contributed by atoms with E-state index >= 15 is 0 Å². The lowest BCUT2D eigenvalue weighted by molar-refractivity contribution is 0.299. The fourth-order valence-corrected chi connectivity index (χ4v) is 2.14. The molecular formula is C16H21N3O2. The number of hydrogen-bond acceptors (Lipinski definition) is 5. The summed E-state index contributed by atoms with van der Waals surface area (Å²) in [6.45, 7) is 2.26. The van der Waals surface area contributed by atoms with Crippen molar-refractivity contribution in [1.29, 1.82) is 0 Å². The predicted octanol–water partition coefficient (Wildman–Crippen LogP) is 2.80. The standard InChI is InChI=1S/C16H21N3O2/c1-3-4-14-15(17-2)18-11-19-16(14)21-13-7-5-12(6-8-13)9-10-20/h5-8,11,20H,3-4,9-10H2,1-2H3,(H,17,18,19). The number of aromatic nitrogens is 2. The third-order valence-electron chi connectivity index (χ3n) is 3.18. The van der Waals surface area contributed by atoms with Gasteiger partial charge in [-0.25, -0.2) is 9.97 Å². The van der Waals surface area contributed by atoms with Crippen LogP contribution in [0.2, 0.25) is 0 Å². The third kappa shape index (κ3) is 3.92. The Labute approximate surface area is 125 Å². The van der Waals surface area contributed by atoms with Crippen LogP contribution in [-0.2, 0) is 12.8 Å². The van der Waals surface area contributed by atoms with Gasteiger partial charge in [-0.15, -0.1) is 0 Å². The summed E-state index contributed by atoms with van der Waals surface area (Å²) in [5.74, 6) is 2.12. The van der Waals surface area contributed by atoms with Crippen molar-refractivity contribution in [3.8, 4) is 11.6 Å². The number of nitrogens with zero attached hydrogens (tertiary/aromatic N) is 2. The van der Waals surface area contributed by atoms with Crippen molar-refractivity contribution in [1.82, 2.24) is 9.97 Å². The molecule has 0 atom stereocenters. The Bertz CT molecular complexity index is 570. The molecule has 2 N–H and O–H groups in total. The van der Waals surface area contributed by atoms with E-state index in [1.165, 1.54) is 6.33 Å². The molecule has 0 saturated heterocycles. The number of aliphatic hydroxyl groups is 1. The molecule has 0 radical (unpaired) electrons.